The Balaban J connectivity index is 3.13. The molecule has 0 spiro atoms. The van der Waals surface area contributed by atoms with E-state index in [4.69, 9.17) is 34.8 Å². The van der Waals surface area contributed by atoms with Gasteiger partial charge in [-0.3, -0.25) is 0 Å². The SMILES string of the molecule is O=[N+]([O-])Nc1c(Cl)cc(Cl)cc1Cl. The molecule has 1 rings (SSSR count). The summed E-state index contributed by atoms with van der Waals surface area (Å²) in [4.78, 5) is 10.1. The van der Waals surface area contributed by atoms with Gasteiger partial charge >= 0.3 is 0 Å². The van der Waals surface area contributed by atoms with Crippen molar-refractivity contribution in [2.75, 3.05) is 5.43 Å². The zero-order valence-corrected chi connectivity index (χ0v) is 8.32. The highest BCUT2D eigenvalue weighted by atomic mass is 35.5. The molecule has 4 nitrogen and oxygen atoms in total. The molecule has 7 heteroatoms. The number of nitrogens with one attached hydrogen (secondary N) is 1. The first kappa shape index (κ1) is 10.4. The van der Waals surface area contributed by atoms with Crippen molar-refractivity contribution < 1.29 is 5.03 Å². The van der Waals surface area contributed by atoms with E-state index < -0.39 is 5.03 Å². The van der Waals surface area contributed by atoms with Crippen LogP contribution in [0.1, 0.15) is 0 Å². The monoisotopic (exact) mass is 240 g/mol. The normalized spacial score (nSPS) is 9.77. The van der Waals surface area contributed by atoms with Crippen LogP contribution in [-0.4, -0.2) is 5.03 Å². The zero-order chi connectivity index (χ0) is 10.0. The van der Waals surface area contributed by atoms with Gasteiger partial charge in [0.15, 0.2) is 5.03 Å². The van der Waals surface area contributed by atoms with Crippen molar-refractivity contribution in [3.05, 3.63) is 37.3 Å². The molecule has 1 N–H and O–H groups in total. The summed E-state index contributed by atoms with van der Waals surface area (Å²) >= 11 is 16.9. The molecule has 0 fully saturated rings. The van der Waals surface area contributed by atoms with E-state index >= 15 is 0 Å². The topological polar surface area (TPSA) is 55.2 Å². The Kier molecular flexibility index (Phi) is 3.19. The van der Waals surface area contributed by atoms with Crippen LogP contribution in [0.3, 0.4) is 0 Å². The van der Waals surface area contributed by atoms with Crippen LogP contribution < -0.4 is 5.43 Å². The highest BCUT2D eigenvalue weighted by molar-refractivity contribution is 6.41. The Hall–Kier alpha value is -0.710. The summed E-state index contributed by atoms with van der Waals surface area (Å²) in [7, 11) is 0. The number of anilines is 1. The minimum Gasteiger partial charge on any atom is -0.235 e. The number of hydrogen-bond acceptors (Lipinski definition) is 2. The summed E-state index contributed by atoms with van der Waals surface area (Å²) in [6.45, 7) is 0. The second kappa shape index (κ2) is 4.00. The van der Waals surface area contributed by atoms with E-state index in [1.54, 1.807) is 0 Å². The van der Waals surface area contributed by atoms with Crippen LogP contribution in [0.15, 0.2) is 12.1 Å². The largest absolute Gasteiger partial charge is 0.235 e. The highest BCUT2D eigenvalue weighted by Gasteiger charge is 2.11. The standard InChI is InChI=1S/C6H3Cl3N2O2/c7-3-1-4(8)6(5(9)2-3)10-11(12)13/h1-2,10H. The van der Waals surface area contributed by atoms with Crippen LogP contribution in [0.5, 0.6) is 0 Å². The van der Waals surface area contributed by atoms with Crippen molar-refractivity contribution in [1.82, 2.24) is 0 Å². The number of hydrogen-bond donors (Lipinski definition) is 1. The lowest BCUT2D eigenvalue weighted by atomic mass is 10.3. The fourth-order valence-corrected chi connectivity index (χ4v) is 1.64. The summed E-state index contributed by atoms with van der Waals surface area (Å²) in [5.74, 6) is 0. The van der Waals surface area contributed by atoms with Crippen LogP contribution in [0.4, 0.5) is 5.69 Å². The van der Waals surface area contributed by atoms with Gasteiger partial charge in [-0.1, -0.05) is 34.8 Å². The van der Waals surface area contributed by atoms with Gasteiger partial charge in [-0.15, -0.1) is 5.43 Å². The van der Waals surface area contributed by atoms with Crippen LogP contribution in [-0.2, 0) is 0 Å². The molecule has 0 aromatic heterocycles. The molecule has 0 bridgehead atoms. The maximum Gasteiger partial charge on any atom is 0.162 e. The van der Waals surface area contributed by atoms with Crippen LogP contribution >= 0.6 is 34.8 Å². The summed E-state index contributed by atoms with van der Waals surface area (Å²) in [5.41, 5.74) is 1.91. The van der Waals surface area contributed by atoms with Crippen molar-refractivity contribution in [3.63, 3.8) is 0 Å². The minimum atomic E-state index is -0.749. The predicted octanol–water partition coefficient (Wildman–Crippen LogP) is 3.25. The van der Waals surface area contributed by atoms with Gasteiger partial charge in [-0.05, 0) is 12.1 Å². The van der Waals surface area contributed by atoms with E-state index in [0.29, 0.717) is 5.02 Å². The van der Waals surface area contributed by atoms with Crippen molar-refractivity contribution in [1.29, 1.82) is 0 Å². The molecule has 0 amide bonds. The fourth-order valence-electron chi connectivity index (χ4n) is 0.740. The molecule has 0 atom stereocenters. The Morgan fingerprint density at radius 2 is 1.69 bits per heavy atom. The Labute approximate surface area is 88.5 Å². The Morgan fingerprint density at radius 1 is 1.23 bits per heavy atom. The van der Waals surface area contributed by atoms with Crippen LogP contribution in [0, 0.1) is 10.1 Å². The number of benzene rings is 1. The summed E-state index contributed by atoms with van der Waals surface area (Å²) < 4.78 is 0. The van der Waals surface area contributed by atoms with Gasteiger partial charge in [0.25, 0.3) is 0 Å². The van der Waals surface area contributed by atoms with Gasteiger partial charge in [0.05, 0.1) is 10.0 Å². The first-order valence-corrected chi connectivity index (χ1v) is 4.19. The zero-order valence-electron chi connectivity index (χ0n) is 6.05. The first-order valence-electron chi connectivity index (χ1n) is 3.06. The lowest BCUT2D eigenvalue weighted by molar-refractivity contribution is -0.445. The summed E-state index contributed by atoms with van der Waals surface area (Å²) in [6.07, 6.45) is 0. The molecule has 1 aromatic rings. The molecule has 70 valence electrons. The molecular weight excluding hydrogens is 238 g/mol. The second-order valence-corrected chi connectivity index (χ2v) is 3.36. The Morgan fingerprint density at radius 3 is 2.08 bits per heavy atom. The maximum atomic E-state index is 10.1. The quantitative estimate of drug-likeness (QED) is 0.639. The number of nitro groups is 1. The van der Waals surface area contributed by atoms with Gasteiger partial charge in [0, 0.05) is 5.02 Å². The molecule has 0 unspecified atom stereocenters. The van der Waals surface area contributed by atoms with Crippen molar-refractivity contribution in [2.24, 2.45) is 0 Å². The first-order chi connectivity index (χ1) is 6.00. The Bertz CT molecular complexity index is 333. The number of halogens is 3. The smallest absolute Gasteiger partial charge is 0.162 e. The van der Waals surface area contributed by atoms with E-state index in [1.807, 2.05) is 5.43 Å². The number of rotatable bonds is 2. The highest BCUT2D eigenvalue weighted by Crippen LogP contribution is 2.33. The van der Waals surface area contributed by atoms with Gasteiger partial charge in [0.1, 0.15) is 5.69 Å². The van der Waals surface area contributed by atoms with Crippen molar-refractivity contribution >= 4 is 40.5 Å². The van der Waals surface area contributed by atoms with Gasteiger partial charge in [-0.2, -0.15) is 0 Å². The van der Waals surface area contributed by atoms with Crippen LogP contribution in [0.25, 0.3) is 0 Å². The second-order valence-electron chi connectivity index (χ2n) is 2.11. The minimum absolute atomic E-state index is 0.0396. The number of nitrogens with zero attached hydrogens (tertiary/aromatic N) is 1. The van der Waals surface area contributed by atoms with E-state index in [-0.39, 0.29) is 15.7 Å². The van der Waals surface area contributed by atoms with Gasteiger partial charge in [-0.25, -0.2) is 10.1 Å². The van der Waals surface area contributed by atoms with E-state index in [2.05, 4.69) is 0 Å². The van der Waals surface area contributed by atoms with Gasteiger partial charge < -0.3 is 0 Å². The van der Waals surface area contributed by atoms with E-state index in [0.717, 1.165) is 0 Å². The average Bonchev–Trinajstić information content (AvgIpc) is 1.96. The lowest BCUT2D eigenvalue weighted by Gasteiger charge is -2.03. The molecular formula is C6H3Cl3N2O2. The van der Waals surface area contributed by atoms with Crippen LogP contribution in [0.2, 0.25) is 15.1 Å². The maximum absolute atomic E-state index is 10.1. The van der Waals surface area contributed by atoms with E-state index in [9.17, 15) is 10.1 Å². The molecule has 0 saturated heterocycles. The molecule has 1 aromatic carbocycles. The molecule has 0 heterocycles. The summed E-state index contributed by atoms with van der Waals surface area (Å²) in [5, 5.41) is 9.89. The number of hydrazine groups is 1. The van der Waals surface area contributed by atoms with Crippen molar-refractivity contribution in [3.8, 4) is 0 Å². The molecule has 0 radical (unpaired) electrons. The molecule has 13 heavy (non-hydrogen) atoms. The average molecular weight is 241 g/mol. The third kappa shape index (κ3) is 2.62. The molecule has 0 aliphatic rings. The van der Waals surface area contributed by atoms with Crippen molar-refractivity contribution in [2.45, 2.75) is 0 Å². The predicted molar refractivity (Wildman–Crippen MR) is 52.1 cm³/mol. The molecule has 0 aliphatic carbocycles. The third-order valence-electron chi connectivity index (χ3n) is 1.21. The van der Waals surface area contributed by atoms with Gasteiger partial charge in [0.2, 0.25) is 0 Å². The van der Waals surface area contributed by atoms with E-state index in [1.165, 1.54) is 12.1 Å². The summed E-state index contributed by atoms with van der Waals surface area (Å²) in [6, 6.07) is 2.72. The third-order valence-corrected chi connectivity index (χ3v) is 2.02. The fraction of sp³-hybridized carbons (Fsp3) is 0. The molecule has 0 saturated carbocycles. The molecule has 0 aliphatic heterocycles. The lowest BCUT2D eigenvalue weighted by Crippen LogP contribution is -2.08.